The summed E-state index contributed by atoms with van der Waals surface area (Å²) in [4.78, 5) is 11.0. The molecule has 1 atom stereocenters. The zero-order valence-electron chi connectivity index (χ0n) is 6.43. The average molecular weight is 142 g/mol. The zero-order chi connectivity index (χ0) is 7.40. The molecule has 0 aromatic heterocycles. The Kier molecular flexibility index (Phi) is 2.87. The van der Waals surface area contributed by atoms with Gasteiger partial charge in [0.1, 0.15) is 5.78 Å². The number of carbonyl (C=O) groups excluding carboxylic acids is 1. The van der Waals surface area contributed by atoms with Gasteiger partial charge >= 0.3 is 0 Å². The first-order valence-electron chi connectivity index (χ1n) is 3.95. The van der Waals surface area contributed by atoms with Crippen molar-refractivity contribution in [1.82, 2.24) is 0 Å². The quantitative estimate of drug-likeness (QED) is 0.595. The van der Waals surface area contributed by atoms with Crippen LogP contribution in [0.5, 0.6) is 0 Å². The van der Waals surface area contributed by atoms with E-state index in [4.69, 9.17) is 4.74 Å². The van der Waals surface area contributed by atoms with Crippen molar-refractivity contribution in [3.63, 3.8) is 0 Å². The monoisotopic (exact) mass is 142 g/mol. The molecule has 0 aliphatic heterocycles. The van der Waals surface area contributed by atoms with Gasteiger partial charge in [-0.25, -0.2) is 0 Å². The van der Waals surface area contributed by atoms with Gasteiger partial charge in [0.05, 0.1) is 6.61 Å². The van der Waals surface area contributed by atoms with Crippen molar-refractivity contribution in [2.24, 2.45) is 5.92 Å². The van der Waals surface area contributed by atoms with E-state index in [1.165, 1.54) is 0 Å². The van der Waals surface area contributed by atoms with Crippen LogP contribution in [0.3, 0.4) is 0 Å². The normalized spacial score (nSPS) is 25.7. The summed E-state index contributed by atoms with van der Waals surface area (Å²) < 4.78 is 5.17. The smallest absolute Gasteiger partial charge is 0.138 e. The molecule has 0 radical (unpaired) electrons. The molecule has 2 nitrogen and oxygen atoms in total. The van der Waals surface area contributed by atoms with E-state index in [1.54, 1.807) is 0 Å². The van der Waals surface area contributed by atoms with Crippen LogP contribution in [0.1, 0.15) is 26.2 Å². The predicted molar refractivity (Wildman–Crippen MR) is 38.8 cm³/mol. The van der Waals surface area contributed by atoms with E-state index in [2.05, 4.69) is 0 Å². The van der Waals surface area contributed by atoms with Crippen molar-refractivity contribution in [1.29, 1.82) is 0 Å². The average Bonchev–Trinajstić information content (AvgIpc) is 2.31. The summed E-state index contributed by atoms with van der Waals surface area (Å²) in [6, 6.07) is 0. The molecule has 0 bridgehead atoms. The van der Waals surface area contributed by atoms with E-state index < -0.39 is 0 Å². The molecule has 2 heteroatoms. The van der Waals surface area contributed by atoms with Gasteiger partial charge < -0.3 is 4.74 Å². The van der Waals surface area contributed by atoms with Crippen LogP contribution in [-0.4, -0.2) is 19.0 Å². The van der Waals surface area contributed by atoms with Crippen LogP contribution < -0.4 is 0 Å². The predicted octanol–water partition coefficient (Wildman–Crippen LogP) is 1.39. The fourth-order valence-electron chi connectivity index (χ4n) is 1.32. The molecule has 58 valence electrons. The van der Waals surface area contributed by atoms with Crippen molar-refractivity contribution in [2.45, 2.75) is 26.2 Å². The molecule has 0 amide bonds. The summed E-state index contributed by atoms with van der Waals surface area (Å²) in [5.41, 5.74) is 0. The largest absolute Gasteiger partial charge is 0.381 e. The van der Waals surface area contributed by atoms with E-state index in [0.717, 1.165) is 25.9 Å². The third kappa shape index (κ3) is 1.81. The molecule has 0 spiro atoms. The van der Waals surface area contributed by atoms with Gasteiger partial charge in [-0.2, -0.15) is 0 Å². The fraction of sp³-hybridized carbons (Fsp3) is 0.875. The molecule has 1 aliphatic carbocycles. The van der Waals surface area contributed by atoms with Crippen molar-refractivity contribution >= 4 is 5.78 Å². The van der Waals surface area contributed by atoms with E-state index in [9.17, 15) is 4.79 Å². The molecule has 1 saturated carbocycles. The first kappa shape index (κ1) is 7.73. The van der Waals surface area contributed by atoms with Gasteiger partial charge in [-0.05, 0) is 19.8 Å². The fourth-order valence-corrected chi connectivity index (χ4v) is 1.32. The zero-order valence-corrected chi connectivity index (χ0v) is 6.43. The van der Waals surface area contributed by atoms with Crippen molar-refractivity contribution in [2.75, 3.05) is 13.2 Å². The van der Waals surface area contributed by atoms with Crippen LogP contribution in [0, 0.1) is 5.92 Å². The first-order chi connectivity index (χ1) is 4.84. The van der Waals surface area contributed by atoms with Gasteiger partial charge in [0.2, 0.25) is 0 Å². The Balaban J connectivity index is 2.20. The molecule has 0 saturated heterocycles. The number of rotatable bonds is 3. The lowest BCUT2D eigenvalue weighted by Crippen LogP contribution is -2.13. The van der Waals surface area contributed by atoms with E-state index in [-0.39, 0.29) is 5.92 Å². The number of ketones is 1. The standard InChI is InChI=1S/C8H14O2/c1-2-10-6-7-4-3-5-8(7)9/h7H,2-6H2,1H3/t7-/m1/s1. The number of hydrogen-bond donors (Lipinski definition) is 0. The van der Waals surface area contributed by atoms with Gasteiger partial charge in [0.25, 0.3) is 0 Å². The SMILES string of the molecule is CCOC[C@H]1CCCC1=O. The molecular formula is C8H14O2. The molecule has 1 rings (SSSR count). The summed E-state index contributed by atoms with van der Waals surface area (Å²) in [7, 11) is 0. The van der Waals surface area contributed by atoms with Crippen LogP contribution in [0.15, 0.2) is 0 Å². The van der Waals surface area contributed by atoms with Gasteiger partial charge in [-0.1, -0.05) is 0 Å². The topological polar surface area (TPSA) is 26.3 Å². The summed E-state index contributed by atoms with van der Waals surface area (Å²) in [5.74, 6) is 0.619. The lowest BCUT2D eigenvalue weighted by atomic mass is 10.1. The number of ether oxygens (including phenoxy) is 1. The van der Waals surface area contributed by atoms with E-state index in [0.29, 0.717) is 12.4 Å². The van der Waals surface area contributed by atoms with Crippen LogP contribution in [-0.2, 0) is 9.53 Å². The van der Waals surface area contributed by atoms with E-state index in [1.807, 2.05) is 6.92 Å². The third-order valence-corrected chi connectivity index (χ3v) is 1.95. The highest BCUT2D eigenvalue weighted by Crippen LogP contribution is 2.20. The number of carbonyl (C=O) groups is 1. The summed E-state index contributed by atoms with van der Waals surface area (Å²) in [5, 5.41) is 0. The second kappa shape index (κ2) is 3.71. The van der Waals surface area contributed by atoms with Crippen LogP contribution in [0.25, 0.3) is 0 Å². The summed E-state index contributed by atoms with van der Waals surface area (Å²) in [6.07, 6.45) is 2.88. The van der Waals surface area contributed by atoms with E-state index >= 15 is 0 Å². The first-order valence-corrected chi connectivity index (χ1v) is 3.95. The maximum absolute atomic E-state index is 11.0. The number of Topliss-reactive ketones (excluding diaryl/α,β-unsaturated/α-hetero) is 1. The Labute approximate surface area is 61.6 Å². The van der Waals surface area contributed by atoms with Gasteiger partial charge in [0, 0.05) is 18.9 Å². The second-order valence-electron chi connectivity index (χ2n) is 2.71. The van der Waals surface area contributed by atoms with Gasteiger partial charge in [-0.15, -0.1) is 0 Å². The van der Waals surface area contributed by atoms with Gasteiger partial charge in [-0.3, -0.25) is 4.79 Å². The van der Waals surface area contributed by atoms with Crippen LogP contribution in [0.4, 0.5) is 0 Å². The van der Waals surface area contributed by atoms with Crippen molar-refractivity contribution < 1.29 is 9.53 Å². The Hall–Kier alpha value is -0.370. The van der Waals surface area contributed by atoms with Gasteiger partial charge in [0.15, 0.2) is 0 Å². The third-order valence-electron chi connectivity index (χ3n) is 1.95. The Morgan fingerprint density at radius 3 is 3.00 bits per heavy atom. The molecule has 10 heavy (non-hydrogen) atoms. The minimum Gasteiger partial charge on any atom is -0.381 e. The highest BCUT2D eigenvalue weighted by Gasteiger charge is 2.23. The minimum absolute atomic E-state index is 0.222. The molecule has 0 aromatic carbocycles. The minimum atomic E-state index is 0.222. The number of hydrogen-bond acceptors (Lipinski definition) is 2. The lowest BCUT2D eigenvalue weighted by Gasteiger charge is -2.05. The van der Waals surface area contributed by atoms with Crippen LogP contribution >= 0.6 is 0 Å². The molecular weight excluding hydrogens is 128 g/mol. The van der Waals surface area contributed by atoms with Crippen molar-refractivity contribution in [3.05, 3.63) is 0 Å². The molecule has 1 fully saturated rings. The Morgan fingerprint density at radius 2 is 2.50 bits per heavy atom. The summed E-state index contributed by atoms with van der Waals surface area (Å²) in [6.45, 7) is 3.33. The molecule has 0 aromatic rings. The maximum Gasteiger partial charge on any atom is 0.138 e. The molecule has 0 heterocycles. The van der Waals surface area contributed by atoms with Crippen molar-refractivity contribution in [3.8, 4) is 0 Å². The highest BCUT2D eigenvalue weighted by atomic mass is 16.5. The van der Waals surface area contributed by atoms with Crippen LogP contribution in [0.2, 0.25) is 0 Å². The lowest BCUT2D eigenvalue weighted by molar-refractivity contribution is -0.122. The second-order valence-corrected chi connectivity index (χ2v) is 2.71. The molecule has 0 unspecified atom stereocenters. The molecule has 1 aliphatic rings. The maximum atomic E-state index is 11.0. The highest BCUT2D eigenvalue weighted by molar-refractivity contribution is 5.82. The Morgan fingerprint density at radius 1 is 1.70 bits per heavy atom. The molecule has 0 N–H and O–H groups in total. The Bertz CT molecular complexity index is 120. The summed E-state index contributed by atoms with van der Waals surface area (Å²) >= 11 is 0.